The summed E-state index contributed by atoms with van der Waals surface area (Å²) in [4.78, 5) is 39.5. The number of nitrogens with two attached hydrogens (primary N) is 1. The van der Waals surface area contributed by atoms with Crippen LogP contribution in [0.15, 0.2) is 48.5 Å². The number of nitrogens with one attached hydrogen (secondary N) is 3. The van der Waals surface area contributed by atoms with E-state index in [1.807, 2.05) is 20.8 Å². The fourth-order valence-electron chi connectivity index (χ4n) is 6.21. The van der Waals surface area contributed by atoms with Crippen LogP contribution in [-0.4, -0.2) is 29.8 Å². The number of benzene rings is 3. The van der Waals surface area contributed by atoms with Gasteiger partial charge in [0.2, 0.25) is 17.7 Å². The zero-order valence-electron chi connectivity index (χ0n) is 22.7. The quantitative estimate of drug-likeness (QED) is 0.285. The Morgan fingerprint density at radius 3 is 2.40 bits per heavy atom. The number of rotatable bonds is 5. The van der Waals surface area contributed by atoms with Gasteiger partial charge < -0.3 is 21.7 Å². The third kappa shape index (κ3) is 4.91. The van der Waals surface area contributed by atoms with Gasteiger partial charge in [-0.3, -0.25) is 14.4 Å². The Morgan fingerprint density at radius 1 is 1.05 bits per heavy atom. The molecule has 42 heavy (non-hydrogen) atoms. The number of halogens is 5. The van der Waals surface area contributed by atoms with Gasteiger partial charge in [-0.2, -0.15) is 0 Å². The van der Waals surface area contributed by atoms with Crippen molar-refractivity contribution in [3.05, 3.63) is 92.7 Å². The molecule has 0 unspecified atom stereocenters. The SMILES string of the molecule is CC(C)(C)C[C@@H]1N[C@@H](C(=O)Nc2ccc(C(N)=O)cc2F)[C@H](c2cccc(Cl)c2F)[C@]12C(=O)Nc1cc(Cl)cc(F)c12. The summed E-state index contributed by atoms with van der Waals surface area (Å²) < 4.78 is 46.6. The molecule has 2 aliphatic rings. The van der Waals surface area contributed by atoms with Crippen molar-refractivity contribution in [2.75, 3.05) is 10.6 Å². The molecule has 5 N–H and O–H groups in total. The predicted octanol–water partition coefficient (Wildman–Crippen LogP) is 5.90. The highest BCUT2D eigenvalue weighted by atomic mass is 35.5. The third-order valence-electron chi connectivity index (χ3n) is 7.77. The van der Waals surface area contributed by atoms with Crippen molar-refractivity contribution in [3.63, 3.8) is 0 Å². The first kappa shape index (κ1) is 29.9. The second kappa shape index (κ2) is 10.6. The number of hydrogen-bond donors (Lipinski definition) is 4. The lowest BCUT2D eigenvalue weighted by Gasteiger charge is -2.37. The molecule has 220 valence electrons. The molecule has 5 rings (SSSR count). The van der Waals surface area contributed by atoms with E-state index in [0.29, 0.717) is 0 Å². The van der Waals surface area contributed by atoms with Crippen LogP contribution in [0.1, 0.15) is 54.6 Å². The topological polar surface area (TPSA) is 113 Å². The maximum atomic E-state index is 15.9. The van der Waals surface area contributed by atoms with Gasteiger partial charge in [-0.15, -0.1) is 0 Å². The van der Waals surface area contributed by atoms with Gasteiger partial charge in [0.25, 0.3) is 0 Å². The zero-order valence-corrected chi connectivity index (χ0v) is 24.3. The molecular weight excluding hydrogens is 592 g/mol. The fourth-order valence-corrected chi connectivity index (χ4v) is 6.60. The van der Waals surface area contributed by atoms with Crippen LogP contribution in [0.5, 0.6) is 0 Å². The smallest absolute Gasteiger partial charge is 0.248 e. The Balaban J connectivity index is 1.73. The van der Waals surface area contributed by atoms with Gasteiger partial charge in [0.15, 0.2) is 0 Å². The summed E-state index contributed by atoms with van der Waals surface area (Å²) in [6.07, 6.45) is 0.256. The lowest BCUT2D eigenvalue weighted by Crippen LogP contribution is -2.50. The van der Waals surface area contributed by atoms with Crippen LogP contribution in [0, 0.1) is 22.9 Å². The van der Waals surface area contributed by atoms with E-state index in [0.717, 1.165) is 12.1 Å². The molecule has 3 amide bonds. The van der Waals surface area contributed by atoms with Crippen molar-refractivity contribution in [1.29, 1.82) is 0 Å². The third-order valence-corrected chi connectivity index (χ3v) is 8.28. The molecule has 0 saturated carbocycles. The summed E-state index contributed by atoms with van der Waals surface area (Å²) >= 11 is 12.3. The van der Waals surface area contributed by atoms with Crippen LogP contribution in [0.25, 0.3) is 0 Å². The molecule has 0 bridgehead atoms. The van der Waals surface area contributed by atoms with E-state index < -0.39 is 64.0 Å². The molecule has 3 aromatic carbocycles. The van der Waals surface area contributed by atoms with E-state index >= 15 is 8.78 Å². The Morgan fingerprint density at radius 2 is 1.76 bits per heavy atom. The van der Waals surface area contributed by atoms with Crippen molar-refractivity contribution in [1.82, 2.24) is 5.32 Å². The molecule has 1 fully saturated rings. The predicted molar refractivity (Wildman–Crippen MR) is 154 cm³/mol. The van der Waals surface area contributed by atoms with Gasteiger partial charge >= 0.3 is 0 Å². The summed E-state index contributed by atoms with van der Waals surface area (Å²) in [5.74, 6) is -6.30. The van der Waals surface area contributed by atoms with Gasteiger partial charge in [-0.05, 0) is 53.8 Å². The number of carbonyl (C=O) groups is 3. The van der Waals surface area contributed by atoms with E-state index in [9.17, 15) is 18.8 Å². The highest BCUT2D eigenvalue weighted by Crippen LogP contribution is 2.58. The number of anilines is 2. The summed E-state index contributed by atoms with van der Waals surface area (Å²) in [6, 6.07) is 7.64. The number of hydrogen-bond acceptors (Lipinski definition) is 4. The van der Waals surface area contributed by atoms with Gasteiger partial charge in [-0.1, -0.05) is 56.1 Å². The average molecular weight is 619 g/mol. The van der Waals surface area contributed by atoms with E-state index in [1.54, 1.807) is 0 Å². The number of primary amides is 1. The molecular formula is C30H27Cl2F3N4O3. The monoisotopic (exact) mass is 618 g/mol. The lowest BCUT2D eigenvalue weighted by molar-refractivity contribution is -0.122. The lowest BCUT2D eigenvalue weighted by atomic mass is 9.62. The molecule has 1 spiro atoms. The standard InChI is InChI=1S/C30H27Cl2F3N4O3/c1-29(2,3)12-21-30(23-18(34)10-14(31)11-20(23)38-28(30)42)22(15-5-4-6-16(32)24(15)35)25(39-21)27(41)37-19-8-7-13(26(36)40)9-17(19)33/h4-11,21-22,25,39H,12H2,1-3H3,(H2,36,40)(H,37,41)(H,38,42)/t21-,22-,25+,30+/m0/s1. The van der Waals surface area contributed by atoms with Crippen LogP contribution >= 0.6 is 23.2 Å². The first-order valence-corrected chi connectivity index (χ1v) is 13.8. The molecule has 1 saturated heterocycles. The van der Waals surface area contributed by atoms with Crippen molar-refractivity contribution in [2.45, 2.75) is 50.6 Å². The van der Waals surface area contributed by atoms with Gasteiger partial charge in [-0.25, -0.2) is 13.2 Å². The number of fused-ring (bicyclic) bond motifs is 2. The summed E-state index contributed by atoms with van der Waals surface area (Å²) in [6.45, 7) is 5.73. The van der Waals surface area contributed by atoms with E-state index in [1.165, 1.54) is 36.4 Å². The number of carbonyl (C=O) groups excluding carboxylic acids is 3. The van der Waals surface area contributed by atoms with E-state index in [-0.39, 0.29) is 44.5 Å². The van der Waals surface area contributed by atoms with Gasteiger partial charge in [0, 0.05) is 33.8 Å². The van der Waals surface area contributed by atoms with Crippen LogP contribution in [-0.2, 0) is 15.0 Å². The Kier molecular flexibility index (Phi) is 7.53. The summed E-state index contributed by atoms with van der Waals surface area (Å²) in [7, 11) is 0. The molecule has 2 aliphatic heterocycles. The average Bonchev–Trinajstić information content (AvgIpc) is 3.35. The maximum Gasteiger partial charge on any atom is 0.248 e. The second-order valence-electron chi connectivity index (χ2n) is 11.8. The molecule has 4 atom stereocenters. The molecule has 3 aromatic rings. The van der Waals surface area contributed by atoms with Crippen molar-refractivity contribution in [2.24, 2.45) is 11.1 Å². The highest BCUT2D eigenvalue weighted by molar-refractivity contribution is 6.31. The molecule has 0 aromatic heterocycles. The van der Waals surface area contributed by atoms with E-state index in [2.05, 4.69) is 16.0 Å². The Labute approximate surface area is 249 Å². The largest absolute Gasteiger partial charge is 0.366 e. The molecule has 12 heteroatoms. The first-order valence-electron chi connectivity index (χ1n) is 13.1. The minimum absolute atomic E-state index is 0.0385. The molecule has 0 radical (unpaired) electrons. The fraction of sp³-hybridized carbons (Fsp3) is 0.300. The first-order chi connectivity index (χ1) is 19.6. The molecule has 0 aliphatic carbocycles. The highest BCUT2D eigenvalue weighted by Gasteiger charge is 2.67. The maximum absolute atomic E-state index is 15.9. The van der Waals surface area contributed by atoms with Gasteiger partial charge in [0.1, 0.15) is 22.9 Å². The normalized spacial score (nSPS) is 23.1. The van der Waals surface area contributed by atoms with Crippen molar-refractivity contribution >= 4 is 52.3 Å². The van der Waals surface area contributed by atoms with Crippen LogP contribution in [0.3, 0.4) is 0 Å². The second-order valence-corrected chi connectivity index (χ2v) is 12.6. The van der Waals surface area contributed by atoms with Crippen LogP contribution in [0.4, 0.5) is 24.5 Å². The number of amides is 3. The van der Waals surface area contributed by atoms with Crippen molar-refractivity contribution in [3.8, 4) is 0 Å². The van der Waals surface area contributed by atoms with Crippen molar-refractivity contribution < 1.29 is 27.6 Å². The summed E-state index contributed by atoms with van der Waals surface area (Å²) in [5, 5.41) is 8.13. The minimum Gasteiger partial charge on any atom is -0.366 e. The van der Waals surface area contributed by atoms with E-state index in [4.69, 9.17) is 28.9 Å². The minimum atomic E-state index is -1.83. The molecule has 2 heterocycles. The Hall–Kier alpha value is -3.60. The summed E-state index contributed by atoms with van der Waals surface area (Å²) in [5.41, 5.74) is 2.49. The van der Waals surface area contributed by atoms with Crippen LogP contribution in [0.2, 0.25) is 10.0 Å². The van der Waals surface area contributed by atoms with Crippen LogP contribution < -0.4 is 21.7 Å². The van der Waals surface area contributed by atoms with Gasteiger partial charge in [0.05, 0.1) is 16.8 Å². The zero-order chi connectivity index (χ0) is 30.7. The Bertz CT molecular complexity index is 1640. The molecule has 7 nitrogen and oxygen atoms in total.